The topological polar surface area (TPSA) is 158 Å². The van der Waals surface area contributed by atoms with Gasteiger partial charge in [0.1, 0.15) is 18.0 Å². The molecule has 0 radical (unpaired) electrons. The van der Waals surface area contributed by atoms with E-state index in [4.69, 9.17) is 14.2 Å². The highest BCUT2D eigenvalue weighted by molar-refractivity contribution is 5.80. The Hall–Kier alpha value is -5.20. The third-order valence-corrected chi connectivity index (χ3v) is 12.2. The summed E-state index contributed by atoms with van der Waals surface area (Å²) < 4.78 is 17.1. The zero-order valence-electron chi connectivity index (χ0n) is 40.9. The number of azo groups is 2. The van der Waals surface area contributed by atoms with E-state index in [1.807, 2.05) is 65.8 Å². The largest absolute Gasteiger partial charge is 0.494 e. The molecule has 0 N–H and O–H groups in total. The summed E-state index contributed by atoms with van der Waals surface area (Å²) in [6, 6.07) is 17.0. The first-order valence-corrected chi connectivity index (χ1v) is 24.2. The molecule has 0 bridgehead atoms. The van der Waals surface area contributed by atoms with Crippen molar-refractivity contribution >= 4 is 46.1 Å². The van der Waals surface area contributed by atoms with Gasteiger partial charge in [-0.15, -0.1) is 5.11 Å². The molecular formula is C52H78N6O7. The highest BCUT2D eigenvalue weighted by Crippen LogP contribution is 2.39. The molecule has 1 unspecified atom stereocenters. The maximum Gasteiger partial charge on any atom is 0.311 e. The molecule has 3 aromatic rings. The summed E-state index contributed by atoms with van der Waals surface area (Å²) in [5.41, 5.74) is 2.28. The number of hydrogen-bond acceptors (Lipinski definition) is 12. The van der Waals surface area contributed by atoms with Gasteiger partial charge < -0.3 is 19.1 Å². The van der Waals surface area contributed by atoms with Gasteiger partial charge >= 0.3 is 11.9 Å². The minimum Gasteiger partial charge on any atom is -0.494 e. The number of nitro groups is 1. The summed E-state index contributed by atoms with van der Waals surface area (Å²) in [7, 11) is 1.53. The molecule has 13 nitrogen and oxygen atoms in total. The van der Waals surface area contributed by atoms with Gasteiger partial charge in [0.05, 0.1) is 53.1 Å². The smallest absolute Gasteiger partial charge is 0.311 e. The zero-order chi connectivity index (χ0) is 47.5. The van der Waals surface area contributed by atoms with Crippen LogP contribution in [0, 0.1) is 27.9 Å². The highest BCUT2D eigenvalue weighted by Gasteiger charge is 2.43. The molecule has 0 spiro atoms. The van der Waals surface area contributed by atoms with Crippen LogP contribution in [0.3, 0.4) is 0 Å². The molecular weight excluding hydrogens is 821 g/mol. The van der Waals surface area contributed by atoms with E-state index in [-0.39, 0.29) is 24.2 Å². The van der Waals surface area contributed by atoms with E-state index in [2.05, 4.69) is 32.3 Å². The Balaban J connectivity index is 1.39. The van der Waals surface area contributed by atoms with Gasteiger partial charge in [0.2, 0.25) is 0 Å². The number of rotatable bonds is 33. The fourth-order valence-corrected chi connectivity index (χ4v) is 7.90. The van der Waals surface area contributed by atoms with Gasteiger partial charge in [-0.3, -0.25) is 19.7 Å². The van der Waals surface area contributed by atoms with E-state index in [1.54, 1.807) is 12.1 Å². The van der Waals surface area contributed by atoms with Crippen molar-refractivity contribution < 1.29 is 28.7 Å². The second-order valence-corrected chi connectivity index (χ2v) is 18.1. The van der Waals surface area contributed by atoms with E-state index in [0.717, 1.165) is 24.1 Å². The quantitative estimate of drug-likeness (QED) is 0.0192. The second-order valence-electron chi connectivity index (χ2n) is 18.1. The standard InChI is InChI=1S/C52H78N6O7/c1-9-12-13-14-15-16-17-18-19-20-21-22-23-24-25-26-36-64-50(60)52(7,10-2)40-51(5,6)49(59)65-37-35-57(11-3)44-31-27-42(28-32-44)53-55-46-39-48(63-8)47(38-41(46)4)56-54-43-29-33-45(34-30-43)58(61)62/h27-34,38-39H,9-26,35-37,40H2,1-8H3/b55-53+,56-54+. The zero-order valence-corrected chi connectivity index (χ0v) is 40.9. The van der Waals surface area contributed by atoms with E-state index in [0.29, 0.717) is 61.0 Å². The number of non-ortho nitro benzene ring substituents is 1. The number of carbonyl (C=O) groups excluding carboxylic acids is 2. The number of ether oxygens (including phenoxy) is 3. The molecule has 3 aromatic carbocycles. The Kier molecular flexibility index (Phi) is 24.5. The number of benzene rings is 3. The minimum atomic E-state index is -0.871. The maximum absolute atomic E-state index is 13.4. The van der Waals surface area contributed by atoms with Crippen molar-refractivity contribution in [2.24, 2.45) is 31.3 Å². The van der Waals surface area contributed by atoms with Crippen LogP contribution in [0.4, 0.5) is 34.1 Å². The Labute approximate surface area is 389 Å². The lowest BCUT2D eigenvalue weighted by atomic mass is 9.72. The number of aryl methyl sites for hydroxylation is 1. The van der Waals surface area contributed by atoms with Crippen molar-refractivity contribution in [3.05, 3.63) is 76.3 Å². The molecule has 0 saturated carbocycles. The SMILES string of the molecule is CCCCCCCCCCCCCCCCCCOC(=O)C(C)(CC)CC(C)(C)C(=O)OCCN(CC)c1ccc(/N=N/c2cc(OC)c(/N=N/c3ccc([N+](=O)[O-])cc3)cc2C)cc1. The maximum atomic E-state index is 13.4. The molecule has 0 heterocycles. The van der Waals surface area contributed by atoms with Crippen molar-refractivity contribution in [2.75, 3.05) is 38.3 Å². The average Bonchev–Trinajstić information content (AvgIpc) is 3.30. The van der Waals surface area contributed by atoms with E-state index in [9.17, 15) is 19.7 Å². The highest BCUT2D eigenvalue weighted by atomic mass is 16.6. The predicted molar refractivity (Wildman–Crippen MR) is 262 cm³/mol. The van der Waals surface area contributed by atoms with Crippen LogP contribution in [0.5, 0.6) is 5.75 Å². The molecule has 0 fully saturated rings. The second kappa shape index (κ2) is 29.4. The molecule has 0 amide bonds. The van der Waals surface area contributed by atoms with Crippen molar-refractivity contribution in [3.8, 4) is 5.75 Å². The number of esters is 2. The van der Waals surface area contributed by atoms with Crippen molar-refractivity contribution in [2.45, 2.75) is 164 Å². The van der Waals surface area contributed by atoms with Crippen LogP contribution >= 0.6 is 0 Å². The Morgan fingerprint density at radius 1 is 0.646 bits per heavy atom. The van der Waals surface area contributed by atoms with Crippen LogP contribution in [0.2, 0.25) is 0 Å². The van der Waals surface area contributed by atoms with Gasteiger partial charge in [0, 0.05) is 30.4 Å². The first-order chi connectivity index (χ1) is 31.3. The number of hydrogen-bond donors (Lipinski definition) is 0. The lowest BCUT2D eigenvalue weighted by Gasteiger charge is -2.34. The van der Waals surface area contributed by atoms with Crippen molar-refractivity contribution in [1.82, 2.24) is 0 Å². The lowest BCUT2D eigenvalue weighted by molar-refractivity contribution is -0.384. The average molecular weight is 899 g/mol. The van der Waals surface area contributed by atoms with E-state index in [1.165, 1.54) is 121 Å². The molecule has 0 saturated heterocycles. The van der Waals surface area contributed by atoms with Gasteiger partial charge in [-0.1, -0.05) is 110 Å². The molecule has 0 aliphatic rings. The summed E-state index contributed by atoms with van der Waals surface area (Å²) in [4.78, 5) is 39.3. The number of unbranched alkanes of at least 4 members (excludes halogenated alkanes) is 15. The molecule has 1 atom stereocenters. The van der Waals surface area contributed by atoms with Crippen LogP contribution in [-0.2, 0) is 19.1 Å². The first kappa shape index (κ1) is 54.1. The molecule has 0 aliphatic heterocycles. The summed E-state index contributed by atoms with van der Waals surface area (Å²) in [6.07, 6.45) is 21.7. The predicted octanol–water partition coefficient (Wildman–Crippen LogP) is 15.7. The third kappa shape index (κ3) is 19.4. The summed E-state index contributed by atoms with van der Waals surface area (Å²) in [6.45, 7) is 15.6. The number of methoxy groups -OCH3 is 1. The Bertz CT molecular complexity index is 1930. The number of anilines is 1. The normalized spacial score (nSPS) is 12.7. The van der Waals surface area contributed by atoms with E-state index >= 15 is 0 Å². The van der Waals surface area contributed by atoms with Gasteiger partial charge in [-0.2, -0.15) is 15.3 Å². The number of nitrogens with zero attached hydrogens (tertiary/aromatic N) is 6. The number of carbonyl (C=O) groups is 2. The minimum absolute atomic E-state index is 0.0229. The monoisotopic (exact) mass is 899 g/mol. The summed E-state index contributed by atoms with van der Waals surface area (Å²) in [5.74, 6) is -0.121. The van der Waals surface area contributed by atoms with Crippen LogP contribution in [-0.4, -0.2) is 50.3 Å². The Morgan fingerprint density at radius 3 is 1.63 bits per heavy atom. The van der Waals surface area contributed by atoms with Crippen molar-refractivity contribution in [1.29, 1.82) is 0 Å². The molecule has 0 aromatic heterocycles. The first-order valence-electron chi connectivity index (χ1n) is 24.2. The molecule has 0 aliphatic carbocycles. The molecule has 65 heavy (non-hydrogen) atoms. The van der Waals surface area contributed by atoms with Gasteiger partial charge in [-0.05, 0) is 102 Å². The summed E-state index contributed by atoms with van der Waals surface area (Å²) >= 11 is 0. The van der Waals surface area contributed by atoms with Crippen LogP contribution in [0.1, 0.15) is 163 Å². The fourth-order valence-electron chi connectivity index (χ4n) is 7.90. The van der Waals surface area contributed by atoms with Crippen LogP contribution < -0.4 is 9.64 Å². The van der Waals surface area contributed by atoms with E-state index < -0.39 is 15.8 Å². The van der Waals surface area contributed by atoms with Crippen LogP contribution in [0.25, 0.3) is 0 Å². The van der Waals surface area contributed by atoms with Crippen molar-refractivity contribution in [3.63, 3.8) is 0 Å². The molecule has 13 heteroatoms. The number of nitro benzene ring substituents is 1. The van der Waals surface area contributed by atoms with Gasteiger partial charge in [-0.25, -0.2) is 0 Å². The number of likely N-dealkylation sites (N-methyl/N-ethyl adjacent to an activating group) is 1. The van der Waals surface area contributed by atoms with Gasteiger partial charge in [0.15, 0.2) is 0 Å². The summed E-state index contributed by atoms with van der Waals surface area (Å²) in [5, 5.41) is 28.3. The molecule has 3 rings (SSSR count). The molecule has 358 valence electrons. The lowest BCUT2D eigenvalue weighted by Crippen LogP contribution is -2.39. The third-order valence-electron chi connectivity index (χ3n) is 12.2. The fraction of sp³-hybridized carbons (Fsp3) is 0.615. The van der Waals surface area contributed by atoms with Gasteiger partial charge in [0.25, 0.3) is 5.69 Å². The van der Waals surface area contributed by atoms with Crippen LogP contribution in [0.15, 0.2) is 81.1 Å². The Morgan fingerprint density at radius 2 is 1.14 bits per heavy atom.